The molecule has 0 amide bonds. The minimum absolute atomic E-state index is 0.270. The van der Waals surface area contributed by atoms with Crippen molar-refractivity contribution in [3.05, 3.63) is 90.5 Å². The molecule has 4 aromatic heterocycles. The maximum atomic E-state index is 5.93. The van der Waals surface area contributed by atoms with Gasteiger partial charge in [0.25, 0.3) is 0 Å². The maximum absolute atomic E-state index is 5.93. The molecule has 0 spiro atoms. The second-order valence-corrected chi connectivity index (χ2v) is 29.1. The van der Waals surface area contributed by atoms with E-state index >= 15 is 0 Å². The van der Waals surface area contributed by atoms with Crippen molar-refractivity contribution in [2.75, 3.05) is 26.4 Å². The van der Waals surface area contributed by atoms with Crippen molar-refractivity contribution < 1.29 is 28.3 Å². The summed E-state index contributed by atoms with van der Waals surface area (Å²) >= 11 is 3.47. The van der Waals surface area contributed by atoms with Crippen LogP contribution in [0.1, 0.15) is 47.4 Å². The Labute approximate surface area is 358 Å². The minimum atomic E-state index is -1.09. The number of nitrogens with zero attached hydrogens (tertiary/aromatic N) is 6. The largest absolute Gasteiger partial charge is 0.502 e. The van der Waals surface area contributed by atoms with Crippen LogP contribution in [0.4, 0.5) is 0 Å². The molecule has 0 bridgehead atoms. The Morgan fingerprint density at radius 2 is 1.14 bits per heavy atom. The summed E-state index contributed by atoms with van der Waals surface area (Å²) < 4.78 is 38.5. The fourth-order valence-electron chi connectivity index (χ4n) is 5.10. The first-order chi connectivity index (χ1) is 27.4. The van der Waals surface area contributed by atoms with Crippen LogP contribution in [0.15, 0.2) is 84.7 Å². The van der Waals surface area contributed by atoms with Crippen LogP contribution < -0.4 is 0 Å². The number of hydrogen-bond acceptors (Lipinski definition) is 10. The van der Waals surface area contributed by atoms with Crippen molar-refractivity contribution in [1.82, 2.24) is 29.1 Å². The Bertz CT molecular complexity index is 1810. The van der Waals surface area contributed by atoms with Gasteiger partial charge in [0.1, 0.15) is 19.3 Å². The summed E-state index contributed by atoms with van der Waals surface area (Å²) in [6.45, 7) is 30.0. The number of rotatable bonds is 18. The van der Waals surface area contributed by atoms with Crippen molar-refractivity contribution in [3.63, 3.8) is 0 Å². The van der Waals surface area contributed by atoms with E-state index in [1.54, 1.807) is 43.3 Å². The highest BCUT2D eigenvalue weighted by atomic mass is 79.9. The molecule has 0 aliphatic carbocycles. The van der Waals surface area contributed by atoms with Gasteiger partial charge in [-0.1, -0.05) is 39.3 Å². The van der Waals surface area contributed by atoms with Crippen LogP contribution in [-0.4, -0.2) is 90.0 Å². The Balaban J connectivity index is 0.000000241. The van der Waals surface area contributed by atoms with Crippen molar-refractivity contribution >= 4 is 45.3 Å². The second kappa shape index (κ2) is 23.4. The fourth-order valence-corrected chi connectivity index (χ4v) is 7.01. The predicted molar refractivity (Wildman–Crippen MR) is 244 cm³/mol. The highest BCUT2D eigenvalue weighted by molar-refractivity contribution is 9.10. The Morgan fingerprint density at radius 1 is 0.690 bits per heavy atom. The van der Waals surface area contributed by atoms with Crippen LogP contribution >= 0.6 is 15.9 Å². The van der Waals surface area contributed by atoms with E-state index in [9.17, 15) is 0 Å². The Hall–Kier alpha value is -3.38. The first-order valence-electron chi connectivity index (χ1n) is 20.0. The van der Waals surface area contributed by atoms with Gasteiger partial charge < -0.3 is 32.8 Å². The van der Waals surface area contributed by atoms with Gasteiger partial charge in [0.15, 0.2) is 4.73 Å². The van der Waals surface area contributed by atoms with Crippen molar-refractivity contribution in [2.24, 2.45) is 0 Å². The molecule has 0 aromatic carbocycles. The summed E-state index contributed by atoms with van der Waals surface area (Å²) in [7, 11) is -2.43. The standard InChI is InChI=1S/C18H27N3O2Si.C14H20BrN3OSi.C10H19BO3/c1-5-22-11-8-18-20-14-17(16-6-9-19-10-7-16)21(18)15-23-12-13-24(2,3)4;1-20(2,3)9-8-19-11-18-13(10-17-14(18)15)12-4-6-16-7-5-12;1-6-12-8-7-11-13-9(2,3)10(4,5)14-11/h6-11,14H,5,12-13,15H2,1-4H3;4-7,10H,8-9,11H2,1-3H3;7-8H,6H2,1-5H3/b11-8+;;8-7+. The lowest BCUT2D eigenvalue weighted by atomic mass is 9.90. The lowest BCUT2D eigenvalue weighted by Crippen LogP contribution is -2.41. The van der Waals surface area contributed by atoms with Crippen LogP contribution in [0.3, 0.4) is 0 Å². The van der Waals surface area contributed by atoms with Gasteiger partial charge in [-0.3, -0.25) is 14.5 Å². The van der Waals surface area contributed by atoms with Crippen molar-refractivity contribution in [2.45, 2.75) is 118 Å². The second-order valence-electron chi connectivity index (χ2n) is 17.1. The summed E-state index contributed by atoms with van der Waals surface area (Å²) in [5.41, 5.74) is 3.67. The van der Waals surface area contributed by atoms with Crippen molar-refractivity contribution in [1.29, 1.82) is 0 Å². The van der Waals surface area contributed by atoms with Gasteiger partial charge in [0.05, 0.1) is 60.7 Å². The SMILES string of the molecule is CCO/C=C/B1OC(C)(C)C(C)(C)O1.CCO/C=C/c1ncc(-c2ccncc2)n1COCC[Si](C)(C)C.C[Si](C)(C)CCOCn1c(-c2ccncc2)cnc1Br. The summed E-state index contributed by atoms with van der Waals surface area (Å²) in [5.74, 6) is 2.61. The molecule has 0 unspecified atom stereocenters. The Kier molecular flexibility index (Phi) is 19.8. The van der Waals surface area contributed by atoms with Gasteiger partial charge in [0.2, 0.25) is 0 Å². The highest BCUT2D eigenvalue weighted by Gasteiger charge is 2.50. The summed E-state index contributed by atoms with van der Waals surface area (Å²) in [4.78, 5) is 16.9. The monoisotopic (exact) mass is 896 g/mol. The number of ether oxygens (including phenoxy) is 4. The number of aromatic nitrogens is 6. The van der Waals surface area contributed by atoms with Gasteiger partial charge in [-0.05, 0) is 99.8 Å². The van der Waals surface area contributed by atoms with Crippen molar-refractivity contribution in [3.8, 4) is 22.5 Å². The zero-order valence-corrected chi connectivity index (χ0v) is 40.4. The molecule has 0 N–H and O–H groups in total. The van der Waals surface area contributed by atoms with Gasteiger partial charge in [-0.15, -0.1) is 0 Å². The van der Waals surface area contributed by atoms with Crippen LogP contribution in [0.2, 0.25) is 51.4 Å². The molecule has 16 heteroatoms. The molecular formula is C42H66BBrN6O6Si2. The number of hydrogen-bond donors (Lipinski definition) is 0. The zero-order chi connectivity index (χ0) is 42.8. The number of halogens is 1. The zero-order valence-electron chi connectivity index (χ0n) is 36.8. The molecule has 0 radical (unpaired) electrons. The normalized spacial score (nSPS) is 14.9. The third-order valence-corrected chi connectivity index (χ3v) is 13.4. The molecule has 1 aliphatic heterocycles. The molecule has 5 heterocycles. The predicted octanol–water partition coefficient (Wildman–Crippen LogP) is 10.5. The summed E-state index contributed by atoms with van der Waals surface area (Å²) in [6.07, 6.45) is 16.0. The molecule has 1 aliphatic rings. The van der Waals surface area contributed by atoms with Gasteiger partial charge in [0, 0.05) is 71.4 Å². The molecule has 0 saturated carbocycles. The van der Waals surface area contributed by atoms with Crippen LogP contribution in [0, 0.1) is 0 Å². The lowest BCUT2D eigenvalue weighted by molar-refractivity contribution is 0.00578. The quantitative estimate of drug-likeness (QED) is 0.0543. The van der Waals surface area contributed by atoms with Crippen LogP contribution in [0.5, 0.6) is 0 Å². The van der Waals surface area contributed by atoms with Crippen LogP contribution in [-0.2, 0) is 41.7 Å². The molecule has 5 rings (SSSR count). The van der Waals surface area contributed by atoms with E-state index in [1.807, 2.05) is 88.8 Å². The topological polar surface area (TPSA) is 117 Å². The minimum Gasteiger partial charge on any atom is -0.502 e. The molecule has 318 valence electrons. The maximum Gasteiger partial charge on any atom is 0.490 e. The molecular weight excluding hydrogens is 831 g/mol. The first kappa shape index (κ1) is 49.0. The lowest BCUT2D eigenvalue weighted by Gasteiger charge is -2.32. The van der Waals surface area contributed by atoms with Gasteiger partial charge in [-0.25, -0.2) is 9.97 Å². The molecule has 1 saturated heterocycles. The third kappa shape index (κ3) is 16.7. The summed E-state index contributed by atoms with van der Waals surface area (Å²) in [5, 5.41) is 0. The average molecular weight is 898 g/mol. The molecule has 4 aromatic rings. The van der Waals surface area contributed by atoms with E-state index in [-0.39, 0.29) is 18.3 Å². The van der Waals surface area contributed by atoms with E-state index in [1.165, 1.54) is 6.04 Å². The Morgan fingerprint density at radius 3 is 1.62 bits per heavy atom. The van der Waals surface area contributed by atoms with E-state index in [4.69, 9.17) is 28.3 Å². The molecule has 1 fully saturated rings. The molecule has 58 heavy (non-hydrogen) atoms. The third-order valence-electron chi connectivity index (χ3n) is 9.33. The van der Waals surface area contributed by atoms with Crippen LogP contribution in [0.25, 0.3) is 28.6 Å². The number of pyridine rings is 2. The van der Waals surface area contributed by atoms with E-state index in [0.29, 0.717) is 26.7 Å². The first-order valence-corrected chi connectivity index (χ1v) is 28.2. The average Bonchev–Trinajstić information content (AvgIpc) is 3.80. The molecule has 0 atom stereocenters. The van der Waals surface area contributed by atoms with E-state index in [2.05, 4.69) is 79.7 Å². The molecule has 12 nitrogen and oxygen atoms in total. The fraction of sp³-hybridized carbons (Fsp3) is 0.524. The smallest absolute Gasteiger partial charge is 0.490 e. The van der Waals surface area contributed by atoms with Gasteiger partial charge in [-0.2, -0.15) is 0 Å². The van der Waals surface area contributed by atoms with Gasteiger partial charge >= 0.3 is 7.12 Å². The highest BCUT2D eigenvalue weighted by Crippen LogP contribution is 2.36. The van der Waals surface area contributed by atoms with E-state index in [0.717, 1.165) is 52.3 Å². The van der Waals surface area contributed by atoms with E-state index < -0.39 is 16.1 Å². The summed E-state index contributed by atoms with van der Waals surface area (Å²) in [6, 6.07) is 10.2. The number of imidazole rings is 2.